The van der Waals surface area contributed by atoms with Gasteiger partial charge in [0.2, 0.25) is 5.91 Å². The lowest BCUT2D eigenvalue weighted by molar-refractivity contribution is -0.384. The zero-order valence-corrected chi connectivity index (χ0v) is 12.7. The number of rotatable bonds is 8. The molecule has 0 bridgehead atoms. The normalized spacial score (nSPS) is 10.5. The fourth-order valence-electron chi connectivity index (χ4n) is 2.05. The molecule has 0 aliphatic heterocycles. The fourth-order valence-corrected chi connectivity index (χ4v) is 2.05. The predicted molar refractivity (Wildman–Crippen MR) is 82.3 cm³/mol. The molecule has 0 aliphatic carbocycles. The van der Waals surface area contributed by atoms with Crippen molar-refractivity contribution in [3.05, 3.63) is 33.9 Å². The molecule has 0 unspecified atom stereocenters. The van der Waals surface area contributed by atoms with Crippen LogP contribution in [0, 0.1) is 10.1 Å². The van der Waals surface area contributed by atoms with Gasteiger partial charge in [-0.1, -0.05) is 19.1 Å². The summed E-state index contributed by atoms with van der Waals surface area (Å²) in [4.78, 5) is 24.1. The van der Waals surface area contributed by atoms with Crippen molar-refractivity contribution >= 4 is 17.3 Å². The Morgan fingerprint density at radius 1 is 1.38 bits per heavy atom. The molecule has 1 aromatic rings. The van der Waals surface area contributed by atoms with Crippen molar-refractivity contribution in [1.29, 1.82) is 0 Å². The van der Waals surface area contributed by atoms with Gasteiger partial charge >= 0.3 is 0 Å². The van der Waals surface area contributed by atoms with E-state index in [0.29, 0.717) is 25.3 Å². The zero-order chi connectivity index (χ0) is 15.8. The van der Waals surface area contributed by atoms with Crippen molar-refractivity contribution in [1.82, 2.24) is 10.2 Å². The molecule has 0 radical (unpaired) electrons. The number of nitro benzene ring substituents is 1. The number of nitro groups is 1. The van der Waals surface area contributed by atoms with E-state index in [1.54, 1.807) is 13.1 Å². The summed E-state index contributed by atoms with van der Waals surface area (Å²) in [6.45, 7) is 5.87. The van der Waals surface area contributed by atoms with Gasteiger partial charge in [-0.05, 0) is 19.0 Å². The molecule has 0 saturated heterocycles. The highest BCUT2D eigenvalue weighted by atomic mass is 16.6. The van der Waals surface area contributed by atoms with Crippen LogP contribution in [0.1, 0.15) is 19.4 Å². The lowest BCUT2D eigenvalue weighted by Crippen LogP contribution is -2.35. The number of carbonyl (C=O) groups is 1. The predicted octanol–water partition coefficient (Wildman–Crippen LogP) is 1.59. The van der Waals surface area contributed by atoms with Crippen LogP contribution in [0.3, 0.4) is 0 Å². The van der Waals surface area contributed by atoms with Gasteiger partial charge in [-0.2, -0.15) is 0 Å². The average molecular weight is 294 g/mol. The number of anilines is 1. The molecule has 2 N–H and O–H groups in total. The number of para-hydroxylation sites is 1. The zero-order valence-electron chi connectivity index (χ0n) is 12.7. The molecule has 0 fully saturated rings. The minimum absolute atomic E-state index is 0.0605. The molecule has 21 heavy (non-hydrogen) atoms. The number of carbonyl (C=O) groups excluding carboxylic acids is 1. The first-order chi connectivity index (χ1) is 10.0. The summed E-state index contributed by atoms with van der Waals surface area (Å²) in [6.07, 6.45) is 0. The highest BCUT2D eigenvalue weighted by Gasteiger charge is 2.18. The Morgan fingerprint density at radius 2 is 2.10 bits per heavy atom. The van der Waals surface area contributed by atoms with Gasteiger partial charge in [0, 0.05) is 26.2 Å². The van der Waals surface area contributed by atoms with Crippen molar-refractivity contribution in [3.8, 4) is 0 Å². The number of hydrogen-bond acceptors (Lipinski definition) is 5. The molecule has 1 aromatic carbocycles. The van der Waals surface area contributed by atoms with Crippen LogP contribution in [0.4, 0.5) is 11.4 Å². The molecule has 7 nitrogen and oxygen atoms in total. The molecule has 0 aromatic heterocycles. The average Bonchev–Trinajstić information content (AvgIpc) is 2.47. The second kappa shape index (κ2) is 8.21. The highest BCUT2D eigenvalue weighted by molar-refractivity contribution is 5.77. The SMILES string of the molecule is CCNc1c(CN(CC)CC(=O)NC)cccc1[N+](=O)[O-]. The molecule has 1 rings (SSSR count). The van der Waals surface area contributed by atoms with Gasteiger partial charge in [0.1, 0.15) is 5.69 Å². The van der Waals surface area contributed by atoms with Crippen LogP contribution in [-0.4, -0.2) is 42.4 Å². The summed E-state index contributed by atoms with van der Waals surface area (Å²) in [5.74, 6) is -0.0766. The Morgan fingerprint density at radius 3 is 2.62 bits per heavy atom. The smallest absolute Gasteiger partial charge is 0.292 e. The van der Waals surface area contributed by atoms with Gasteiger partial charge in [0.15, 0.2) is 0 Å². The van der Waals surface area contributed by atoms with Crippen molar-refractivity contribution in [2.24, 2.45) is 0 Å². The van der Waals surface area contributed by atoms with Crippen LogP contribution in [0.15, 0.2) is 18.2 Å². The molecule has 7 heteroatoms. The Hall–Kier alpha value is -2.15. The minimum atomic E-state index is -0.392. The van der Waals surface area contributed by atoms with E-state index >= 15 is 0 Å². The van der Waals surface area contributed by atoms with Crippen molar-refractivity contribution < 1.29 is 9.72 Å². The maximum Gasteiger partial charge on any atom is 0.292 e. The molecule has 0 spiro atoms. The first-order valence-corrected chi connectivity index (χ1v) is 6.96. The van der Waals surface area contributed by atoms with Gasteiger partial charge in [0.25, 0.3) is 5.69 Å². The van der Waals surface area contributed by atoms with Gasteiger partial charge < -0.3 is 10.6 Å². The molecule has 0 atom stereocenters. The summed E-state index contributed by atoms with van der Waals surface area (Å²) in [5.41, 5.74) is 1.41. The van der Waals surface area contributed by atoms with E-state index in [1.165, 1.54) is 6.07 Å². The molecular weight excluding hydrogens is 272 g/mol. The monoisotopic (exact) mass is 294 g/mol. The Bertz CT molecular complexity index is 505. The number of hydrogen-bond donors (Lipinski definition) is 2. The molecule has 116 valence electrons. The van der Waals surface area contributed by atoms with Gasteiger partial charge in [0.05, 0.1) is 11.5 Å². The third kappa shape index (κ3) is 4.71. The maximum atomic E-state index is 11.5. The molecule has 0 heterocycles. The molecule has 1 amide bonds. The van der Waals surface area contributed by atoms with Crippen molar-refractivity contribution in [2.75, 3.05) is 32.0 Å². The lowest BCUT2D eigenvalue weighted by atomic mass is 10.1. The Balaban J connectivity index is 3.02. The highest BCUT2D eigenvalue weighted by Crippen LogP contribution is 2.29. The third-order valence-electron chi connectivity index (χ3n) is 3.17. The summed E-state index contributed by atoms with van der Waals surface area (Å²) in [7, 11) is 1.59. The lowest BCUT2D eigenvalue weighted by Gasteiger charge is -2.21. The van der Waals surface area contributed by atoms with E-state index < -0.39 is 4.92 Å². The van der Waals surface area contributed by atoms with E-state index in [4.69, 9.17) is 0 Å². The minimum Gasteiger partial charge on any atom is -0.380 e. The van der Waals surface area contributed by atoms with E-state index in [2.05, 4.69) is 10.6 Å². The van der Waals surface area contributed by atoms with E-state index in [-0.39, 0.29) is 18.1 Å². The van der Waals surface area contributed by atoms with Gasteiger partial charge in [-0.15, -0.1) is 0 Å². The number of amides is 1. The number of nitrogens with one attached hydrogen (secondary N) is 2. The second-order valence-electron chi connectivity index (χ2n) is 4.58. The Kier molecular flexibility index (Phi) is 6.61. The summed E-state index contributed by atoms with van der Waals surface area (Å²) >= 11 is 0. The van der Waals surface area contributed by atoms with Gasteiger partial charge in [-0.3, -0.25) is 19.8 Å². The van der Waals surface area contributed by atoms with Crippen LogP contribution in [0.5, 0.6) is 0 Å². The third-order valence-corrected chi connectivity index (χ3v) is 3.17. The van der Waals surface area contributed by atoms with E-state index in [0.717, 1.165) is 5.56 Å². The number of nitrogens with zero attached hydrogens (tertiary/aromatic N) is 2. The van der Waals surface area contributed by atoms with Crippen LogP contribution in [0.2, 0.25) is 0 Å². The Labute approximate surface area is 124 Å². The van der Waals surface area contributed by atoms with Crippen molar-refractivity contribution in [3.63, 3.8) is 0 Å². The van der Waals surface area contributed by atoms with Crippen LogP contribution in [-0.2, 0) is 11.3 Å². The number of likely N-dealkylation sites (N-methyl/N-ethyl adjacent to an activating group) is 2. The molecule has 0 aliphatic rings. The van der Waals surface area contributed by atoms with Crippen LogP contribution >= 0.6 is 0 Å². The van der Waals surface area contributed by atoms with Gasteiger partial charge in [-0.25, -0.2) is 0 Å². The quantitative estimate of drug-likeness (QED) is 0.561. The molecule has 0 saturated carbocycles. The number of benzene rings is 1. The maximum absolute atomic E-state index is 11.5. The first-order valence-electron chi connectivity index (χ1n) is 6.96. The first kappa shape index (κ1) is 16.9. The van der Waals surface area contributed by atoms with E-state index in [1.807, 2.05) is 24.8 Å². The van der Waals surface area contributed by atoms with E-state index in [9.17, 15) is 14.9 Å². The van der Waals surface area contributed by atoms with Crippen LogP contribution < -0.4 is 10.6 Å². The largest absolute Gasteiger partial charge is 0.380 e. The van der Waals surface area contributed by atoms with Crippen molar-refractivity contribution in [2.45, 2.75) is 20.4 Å². The van der Waals surface area contributed by atoms with Crippen LogP contribution in [0.25, 0.3) is 0 Å². The molecular formula is C14H22N4O3. The fraction of sp³-hybridized carbons (Fsp3) is 0.500. The second-order valence-corrected chi connectivity index (χ2v) is 4.58. The standard InChI is InChI=1S/C14H22N4O3/c1-4-16-14-11(7-6-8-12(14)18(20)21)9-17(5-2)10-13(19)15-3/h6-8,16H,4-5,9-10H2,1-3H3,(H,15,19). The topological polar surface area (TPSA) is 87.5 Å². The summed E-state index contributed by atoms with van der Waals surface area (Å²) in [6, 6.07) is 5.00. The summed E-state index contributed by atoms with van der Waals surface area (Å²) < 4.78 is 0. The summed E-state index contributed by atoms with van der Waals surface area (Å²) in [5, 5.41) is 16.8.